The Balaban J connectivity index is 2.53. The first-order valence-corrected chi connectivity index (χ1v) is 10.3. The second kappa shape index (κ2) is 8.71. The molecule has 0 unspecified atom stereocenters. The Morgan fingerprint density at radius 3 is 1.43 bits per heavy atom. The molecule has 154 valence electrons. The average molecular weight is 399 g/mol. The van der Waals surface area contributed by atoms with E-state index in [2.05, 4.69) is 65.8 Å². The van der Waals surface area contributed by atoms with Crippen LogP contribution in [0.5, 0.6) is 0 Å². The molecule has 0 aromatic heterocycles. The largest absolute Gasteiger partial charge is 0.425 e. The maximum absolute atomic E-state index is 12.2. The smallest absolute Gasteiger partial charge is 0.308 e. The standard InChI is InChI=1S/C28H30O2/c1-17-13-19(3)25(20(4)14-17)27(26-21(5)15-18(2)16-22(26)6)28(30-23(7)29)24-11-9-8-10-12-24/h8-16H,1-7H3. The minimum absolute atomic E-state index is 0.323. The third kappa shape index (κ3) is 4.38. The lowest BCUT2D eigenvalue weighted by molar-refractivity contribution is -0.134. The molecule has 0 heterocycles. The Kier molecular flexibility index (Phi) is 6.26. The number of hydrogen-bond donors (Lipinski definition) is 0. The van der Waals surface area contributed by atoms with Crippen LogP contribution in [-0.2, 0) is 9.53 Å². The van der Waals surface area contributed by atoms with Crippen LogP contribution < -0.4 is 0 Å². The van der Waals surface area contributed by atoms with E-state index in [4.69, 9.17) is 4.74 Å². The van der Waals surface area contributed by atoms with Gasteiger partial charge in [-0.25, -0.2) is 0 Å². The summed E-state index contributed by atoms with van der Waals surface area (Å²) in [5, 5.41) is 0. The van der Waals surface area contributed by atoms with Gasteiger partial charge in [0.05, 0.1) is 0 Å². The molecule has 0 aliphatic carbocycles. The van der Waals surface area contributed by atoms with E-state index in [1.807, 2.05) is 30.3 Å². The Morgan fingerprint density at radius 1 is 0.667 bits per heavy atom. The SMILES string of the molecule is CC(=O)OC(=C(c1c(C)cc(C)cc1C)c1c(C)cc(C)cc1C)c1ccccc1. The van der Waals surface area contributed by atoms with Crippen molar-refractivity contribution in [3.8, 4) is 0 Å². The van der Waals surface area contributed by atoms with Gasteiger partial charge in [0.25, 0.3) is 0 Å². The van der Waals surface area contributed by atoms with Crippen LogP contribution in [0.25, 0.3) is 11.3 Å². The normalized spacial score (nSPS) is 10.6. The summed E-state index contributed by atoms with van der Waals surface area (Å²) in [6.07, 6.45) is 0. The number of rotatable bonds is 4. The summed E-state index contributed by atoms with van der Waals surface area (Å²) in [5.41, 5.74) is 11.2. The molecule has 3 rings (SSSR count). The Hall–Kier alpha value is -3.13. The van der Waals surface area contributed by atoms with Crippen molar-refractivity contribution in [2.24, 2.45) is 0 Å². The van der Waals surface area contributed by atoms with Crippen LogP contribution in [-0.4, -0.2) is 5.97 Å². The van der Waals surface area contributed by atoms with E-state index >= 15 is 0 Å². The number of benzene rings is 3. The van der Waals surface area contributed by atoms with Crippen LogP contribution in [0.15, 0.2) is 54.6 Å². The fourth-order valence-corrected chi connectivity index (χ4v) is 4.49. The van der Waals surface area contributed by atoms with Crippen LogP contribution in [0.3, 0.4) is 0 Å². The van der Waals surface area contributed by atoms with Crippen molar-refractivity contribution in [2.45, 2.75) is 48.5 Å². The zero-order valence-electron chi connectivity index (χ0n) is 19.0. The molecule has 3 aromatic rings. The maximum Gasteiger partial charge on any atom is 0.308 e. The second-order valence-corrected chi connectivity index (χ2v) is 8.21. The van der Waals surface area contributed by atoms with E-state index in [9.17, 15) is 4.79 Å². The number of carbonyl (C=O) groups excluding carboxylic acids is 1. The van der Waals surface area contributed by atoms with Crippen LogP contribution in [0, 0.1) is 41.5 Å². The van der Waals surface area contributed by atoms with Gasteiger partial charge < -0.3 is 4.74 Å². The Morgan fingerprint density at radius 2 is 1.07 bits per heavy atom. The van der Waals surface area contributed by atoms with Crippen LogP contribution >= 0.6 is 0 Å². The molecule has 0 atom stereocenters. The Labute approximate surface area is 180 Å². The lowest BCUT2D eigenvalue weighted by Gasteiger charge is -2.23. The molecule has 0 N–H and O–H groups in total. The quantitative estimate of drug-likeness (QED) is 0.268. The van der Waals surface area contributed by atoms with Gasteiger partial charge in [0, 0.05) is 18.1 Å². The summed E-state index contributed by atoms with van der Waals surface area (Å²) in [6, 6.07) is 18.7. The molecular weight excluding hydrogens is 368 g/mol. The minimum atomic E-state index is -0.323. The van der Waals surface area contributed by atoms with E-state index in [1.165, 1.54) is 40.3 Å². The molecule has 0 aliphatic rings. The highest BCUT2D eigenvalue weighted by Crippen LogP contribution is 2.40. The molecule has 0 radical (unpaired) electrons. The van der Waals surface area contributed by atoms with Gasteiger partial charge in [0.15, 0.2) is 0 Å². The van der Waals surface area contributed by atoms with Gasteiger partial charge in [0.1, 0.15) is 5.76 Å². The van der Waals surface area contributed by atoms with Crippen molar-refractivity contribution in [3.63, 3.8) is 0 Å². The van der Waals surface area contributed by atoms with Gasteiger partial charge in [-0.1, -0.05) is 65.7 Å². The van der Waals surface area contributed by atoms with E-state index in [-0.39, 0.29) is 5.97 Å². The third-order valence-electron chi connectivity index (χ3n) is 5.36. The zero-order valence-corrected chi connectivity index (χ0v) is 19.0. The summed E-state index contributed by atoms with van der Waals surface area (Å²) in [4.78, 5) is 12.2. The van der Waals surface area contributed by atoms with Crippen molar-refractivity contribution in [2.75, 3.05) is 0 Å². The summed E-state index contributed by atoms with van der Waals surface area (Å²) in [7, 11) is 0. The minimum Gasteiger partial charge on any atom is -0.425 e. The van der Waals surface area contributed by atoms with Crippen molar-refractivity contribution < 1.29 is 9.53 Å². The molecule has 0 saturated heterocycles. The van der Waals surface area contributed by atoms with E-state index in [0.717, 1.165) is 22.3 Å². The van der Waals surface area contributed by atoms with Gasteiger partial charge >= 0.3 is 5.97 Å². The monoisotopic (exact) mass is 398 g/mol. The lowest BCUT2D eigenvalue weighted by Crippen LogP contribution is -2.08. The van der Waals surface area contributed by atoms with Gasteiger partial charge in [-0.2, -0.15) is 0 Å². The molecule has 0 fully saturated rings. The van der Waals surface area contributed by atoms with Crippen LogP contribution in [0.2, 0.25) is 0 Å². The number of aryl methyl sites for hydroxylation is 6. The number of esters is 1. The third-order valence-corrected chi connectivity index (χ3v) is 5.36. The molecular formula is C28H30O2. The predicted molar refractivity (Wildman–Crippen MR) is 125 cm³/mol. The Bertz CT molecular complexity index is 1030. The van der Waals surface area contributed by atoms with Crippen molar-refractivity contribution in [3.05, 3.63) is 105 Å². The number of ether oxygens (including phenoxy) is 1. The first-order valence-electron chi connectivity index (χ1n) is 10.3. The molecule has 0 aliphatic heterocycles. The van der Waals surface area contributed by atoms with Crippen LogP contribution in [0.1, 0.15) is 57.0 Å². The fraction of sp³-hybridized carbons (Fsp3) is 0.250. The lowest BCUT2D eigenvalue weighted by atomic mass is 9.83. The molecule has 0 saturated carbocycles. The van der Waals surface area contributed by atoms with Gasteiger partial charge in [-0.3, -0.25) is 4.79 Å². The average Bonchev–Trinajstić information content (AvgIpc) is 2.64. The van der Waals surface area contributed by atoms with Crippen molar-refractivity contribution in [1.29, 1.82) is 0 Å². The van der Waals surface area contributed by atoms with Crippen LogP contribution in [0.4, 0.5) is 0 Å². The molecule has 30 heavy (non-hydrogen) atoms. The van der Waals surface area contributed by atoms with Gasteiger partial charge in [0.2, 0.25) is 0 Å². The molecule has 0 bridgehead atoms. The molecule has 0 spiro atoms. The molecule has 0 amide bonds. The summed E-state index contributed by atoms with van der Waals surface area (Å²) >= 11 is 0. The van der Waals surface area contributed by atoms with Gasteiger partial charge in [-0.05, 0) is 74.9 Å². The predicted octanol–water partition coefficient (Wildman–Crippen LogP) is 7.02. The number of hydrogen-bond acceptors (Lipinski definition) is 2. The maximum atomic E-state index is 12.2. The van der Waals surface area contributed by atoms with Crippen molar-refractivity contribution in [1.82, 2.24) is 0 Å². The highest BCUT2D eigenvalue weighted by atomic mass is 16.5. The second-order valence-electron chi connectivity index (χ2n) is 8.21. The van der Waals surface area contributed by atoms with E-state index in [1.54, 1.807) is 0 Å². The summed E-state index contributed by atoms with van der Waals surface area (Å²) in [5.74, 6) is 0.282. The first kappa shape index (κ1) is 21.6. The number of carbonyl (C=O) groups is 1. The first-order chi connectivity index (χ1) is 14.2. The molecule has 2 heteroatoms. The highest BCUT2D eigenvalue weighted by Gasteiger charge is 2.23. The van der Waals surface area contributed by atoms with Gasteiger partial charge in [-0.15, -0.1) is 0 Å². The van der Waals surface area contributed by atoms with Crippen molar-refractivity contribution >= 4 is 17.3 Å². The topological polar surface area (TPSA) is 26.3 Å². The van der Waals surface area contributed by atoms with E-state index < -0.39 is 0 Å². The molecule has 3 aromatic carbocycles. The molecule has 2 nitrogen and oxygen atoms in total. The fourth-order valence-electron chi connectivity index (χ4n) is 4.49. The summed E-state index contributed by atoms with van der Waals surface area (Å²) in [6.45, 7) is 14.2. The zero-order chi connectivity index (χ0) is 22.0. The summed E-state index contributed by atoms with van der Waals surface area (Å²) < 4.78 is 5.93. The highest BCUT2D eigenvalue weighted by molar-refractivity contribution is 6.01. The van der Waals surface area contributed by atoms with E-state index in [0.29, 0.717) is 5.76 Å².